The van der Waals surface area contributed by atoms with Crippen LogP contribution in [-0.4, -0.2) is 45.4 Å². The van der Waals surface area contributed by atoms with Crippen LogP contribution in [0.3, 0.4) is 0 Å². The van der Waals surface area contributed by atoms with Gasteiger partial charge < -0.3 is 10.6 Å². The number of aromatic nitrogens is 3. The van der Waals surface area contributed by atoms with Crippen LogP contribution in [0.2, 0.25) is 0 Å². The molecule has 0 radical (unpaired) electrons. The highest BCUT2D eigenvalue weighted by Gasteiger charge is 2.27. The summed E-state index contributed by atoms with van der Waals surface area (Å²) in [6.45, 7) is 2.09. The van der Waals surface area contributed by atoms with Gasteiger partial charge in [0.15, 0.2) is 5.69 Å². The number of para-hydroxylation sites is 1. The molecule has 1 fully saturated rings. The topological polar surface area (TPSA) is 77.0 Å². The number of nitrogens with two attached hydrogens (primary N) is 1. The van der Waals surface area contributed by atoms with Crippen LogP contribution in [0.5, 0.6) is 0 Å². The summed E-state index contributed by atoms with van der Waals surface area (Å²) in [6, 6.07) is 9.62. The third-order valence-electron chi connectivity index (χ3n) is 3.64. The van der Waals surface area contributed by atoms with Crippen LogP contribution < -0.4 is 5.73 Å². The summed E-state index contributed by atoms with van der Waals surface area (Å²) >= 11 is 0. The number of amides is 1. The average Bonchev–Trinajstić information content (AvgIpc) is 3.17. The van der Waals surface area contributed by atoms with Crippen molar-refractivity contribution in [1.29, 1.82) is 0 Å². The summed E-state index contributed by atoms with van der Waals surface area (Å²) in [5.41, 5.74) is 6.92. The first-order chi connectivity index (χ1) is 9.78. The molecule has 1 unspecified atom stereocenters. The SMILES string of the molecule is NCC1CCN(C(=O)c2cn(-c3ccccc3)nn2)C1. The molecule has 2 aromatic rings. The van der Waals surface area contributed by atoms with Gasteiger partial charge >= 0.3 is 0 Å². The Bertz CT molecular complexity index is 595. The van der Waals surface area contributed by atoms with E-state index in [0.717, 1.165) is 18.7 Å². The second-order valence-electron chi connectivity index (χ2n) is 5.03. The highest BCUT2D eigenvalue weighted by atomic mass is 16.2. The maximum atomic E-state index is 12.3. The molecule has 2 N–H and O–H groups in total. The van der Waals surface area contributed by atoms with Crippen LogP contribution >= 0.6 is 0 Å². The normalized spacial score (nSPS) is 18.4. The van der Waals surface area contributed by atoms with E-state index in [9.17, 15) is 4.79 Å². The predicted octanol–water partition coefficient (Wildman–Crippen LogP) is 0.688. The summed E-state index contributed by atoms with van der Waals surface area (Å²) in [5, 5.41) is 7.99. The van der Waals surface area contributed by atoms with E-state index >= 15 is 0 Å². The molecule has 1 aliphatic heterocycles. The number of hydrogen-bond acceptors (Lipinski definition) is 4. The zero-order valence-electron chi connectivity index (χ0n) is 11.1. The number of benzene rings is 1. The molecule has 0 spiro atoms. The lowest BCUT2D eigenvalue weighted by Gasteiger charge is -2.13. The molecule has 20 heavy (non-hydrogen) atoms. The second-order valence-corrected chi connectivity index (χ2v) is 5.03. The van der Waals surface area contributed by atoms with Crippen molar-refractivity contribution in [2.45, 2.75) is 6.42 Å². The number of carbonyl (C=O) groups excluding carboxylic acids is 1. The van der Waals surface area contributed by atoms with Crippen LogP contribution in [0.4, 0.5) is 0 Å². The van der Waals surface area contributed by atoms with Gasteiger partial charge in [-0.2, -0.15) is 0 Å². The standard InChI is InChI=1S/C14H17N5O/c15-8-11-6-7-18(9-11)14(20)13-10-19(17-16-13)12-4-2-1-3-5-12/h1-5,10-11H,6-9,15H2. The van der Waals surface area contributed by atoms with Crippen LogP contribution in [0.25, 0.3) is 5.69 Å². The molecule has 6 nitrogen and oxygen atoms in total. The van der Waals surface area contributed by atoms with Crippen molar-refractivity contribution in [2.75, 3.05) is 19.6 Å². The molecular formula is C14H17N5O. The van der Waals surface area contributed by atoms with E-state index in [2.05, 4.69) is 10.3 Å². The molecule has 1 aromatic heterocycles. The summed E-state index contributed by atoms with van der Waals surface area (Å²) in [7, 11) is 0. The van der Waals surface area contributed by atoms with Gasteiger partial charge in [0.2, 0.25) is 0 Å². The van der Waals surface area contributed by atoms with Crippen molar-refractivity contribution >= 4 is 5.91 Å². The Morgan fingerprint density at radius 1 is 1.35 bits per heavy atom. The van der Waals surface area contributed by atoms with Gasteiger partial charge in [-0.1, -0.05) is 23.4 Å². The Morgan fingerprint density at radius 3 is 2.85 bits per heavy atom. The van der Waals surface area contributed by atoms with Crippen molar-refractivity contribution in [3.05, 3.63) is 42.2 Å². The summed E-state index contributed by atoms with van der Waals surface area (Å²) < 4.78 is 1.61. The van der Waals surface area contributed by atoms with Gasteiger partial charge in [-0.15, -0.1) is 5.10 Å². The molecule has 0 bridgehead atoms. The van der Waals surface area contributed by atoms with Gasteiger partial charge in [-0.3, -0.25) is 4.79 Å². The van der Waals surface area contributed by atoms with Crippen LogP contribution in [0, 0.1) is 5.92 Å². The molecule has 1 amide bonds. The van der Waals surface area contributed by atoms with Crippen molar-refractivity contribution < 1.29 is 4.79 Å². The number of likely N-dealkylation sites (tertiary alicyclic amines) is 1. The van der Waals surface area contributed by atoms with Gasteiger partial charge in [0.25, 0.3) is 5.91 Å². The molecule has 1 saturated heterocycles. The molecule has 1 aliphatic rings. The van der Waals surface area contributed by atoms with Crippen LogP contribution in [0.15, 0.2) is 36.5 Å². The minimum Gasteiger partial charge on any atom is -0.337 e. The lowest BCUT2D eigenvalue weighted by molar-refractivity contribution is 0.0782. The van der Waals surface area contributed by atoms with Gasteiger partial charge in [-0.05, 0) is 31.0 Å². The minimum absolute atomic E-state index is 0.0665. The molecular weight excluding hydrogens is 254 g/mol. The highest BCUT2D eigenvalue weighted by Crippen LogP contribution is 2.17. The molecule has 0 aliphatic carbocycles. The van der Waals surface area contributed by atoms with E-state index in [4.69, 9.17) is 5.73 Å². The van der Waals surface area contributed by atoms with Crippen molar-refractivity contribution in [3.63, 3.8) is 0 Å². The largest absolute Gasteiger partial charge is 0.337 e. The predicted molar refractivity (Wildman–Crippen MR) is 74.4 cm³/mol. The number of carbonyl (C=O) groups is 1. The van der Waals surface area contributed by atoms with E-state index < -0.39 is 0 Å². The molecule has 1 aromatic carbocycles. The second kappa shape index (κ2) is 5.42. The fourth-order valence-corrected chi connectivity index (χ4v) is 2.44. The van der Waals surface area contributed by atoms with E-state index in [1.807, 2.05) is 30.3 Å². The lowest BCUT2D eigenvalue weighted by atomic mass is 10.1. The minimum atomic E-state index is -0.0665. The monoisotopic (exact) mass is 271 g/mol. The molecule has 6 heteroatoms. The van der Waals surface area contributed by atoms with Gasteiger partial charge in [0, 0.05) is 13.1 Å². The quantitative estimate of drug-likeness (QED) is 0.891. The third-order valence-corrected chi connectivity index (χ3v) is 3.64. The first-order valence-electron chi connectivity index (χ1n) is 6.75. The molecule has 3 rings (SSSR count). The highest BCUT2D eigenvalue weighted by molar-refractivity contribution is 5.92. The Hall–Kier alpha value is -2.21. The number of hydrogen-bond donors (Lipinski definition) is 1. The Labute approximate surface area is 117 Å². The number of rotatable bonds is 3. The van der Waals surface area contributed by atoms with E-state index in [0.29, 0.717) is 24.7 Å². The van der Waals surface area contributed by atoms with Gasteiger partial charge in [0.1, 0.15) is 0 Å². The molecule has 2 heterocycles. The molecule has 104 valence electrons. The van der Waals surface area contributed by atoms with E-state index in [1.165, 1.54) is 0 Å². The van der Waals surface area contributed by atoms with Gasteiger partial charge in [-0.25, -0.2) is 4.68 Å². The summed E-state index contributed by atoms with van der Waals surface area (Å²) in [6.07, 6.45) is 2.64. The van der Waals surface area contributed by atoms with Crippen LogP contribution in [-0.2, 0) is 0 Å². The summed E-state index contributed by atoms with van der Waals surface area (Å²) in [5.74, 6) is 0.339. The smallest absolute Gasteiger partial charge is 0.276 e. The fourth-order valence-electron chi connectivity index (χ4n) is 2.44. The van der Waals surface area contributed by atoms with Crippen molar-refractivity contribution in [1.82, 2.24) is 19.9 Å². The zero-order valence-corrected chi connectivity index (χ0v) is 11.1. The fraction of sp³-hybridized carbons (Fsp3) is 0.357. The first kappa shape index (κ1) is 12.8. The Balaban J connectivity index is 1.76. The molecule has 0 saturated carbocycles. The van der Waals surface area contributed by atoms with Crippen molar-refractivity contribution in [2.24, 2.45) is 11.7 Å². The summed E-state index contributed by atoms with van der Waals surface area (Å²) in [4.78, 5) is 14.1. The zero-order chi connectivity index (χ0) is 13.9. The average molecular weight is 271 g/mol. The lowest BCUT2D eigenvalue weighted by Crippen LogP contribution is -2.30. The Kier molecular flexibility index (Phi) is 3.47. The maximum absolute atomic E-state index is 12.3. The third kappa shape index (κ3) is 2.42. The maximum Gasteiger partial charge on any atom is 0.276 e. The van der Waals surface area contributed by atoms with E-state index in [-0.39, 0.29) is 5.91 Å². The van der Waals surface area contributed by atoms with Crippen molar-refractivity contribution in [3.8, 4) is 5.69 Å². The molecule has 1 atom stereocenters. The number of nitrogens with zero attached hydrogens (tertiary/aromatic N) is 4. The Morgan fingerprint density at radius 2 is 2.15 bits per heavy atom. The van der Waals surface area contributed by atoms with E-state index in [1.54, 1.807) is 15.8 Å². The first-order valence-corrected chi connectivity index (χ1v) is 6.75. The van der Waals surface area contributed by atoms with Crippen LogP contribution in [0.1, 0.15) is 16.9 Å². The van der Waals surface area contributed by atoms with Gasteiger partial charge in [0.05, 0.1) is 11.9 Å².